The molecule has 1 heterocycles. The highest BCUT2D eigenvalue weighted by molar-refractivity contribution is 5.84. The average molecular weight is 184 g/mol. The summed E-state index contributed by atoms with van der Waals surface area (Å²) in [6.45, 7) is 6.93. The zero-order chi connectivity index (χ0) is 9.73. The molecule has 1 aliphatic rings. The number of carbonyl (C=O) groups is 1. The average Bonchev–Trinajstić information content (AvgIpc) is 2.49. The molecule has 0 spiro atoms. The van der Waals surface area contributed by atoms with Crippen LogP contribution in [0.1, 0.15) is 33.1 Å². The number of hydrogen-bond acceptors (Lipinski definition) is 2. The second kappa shape index (κ2) is 4.61. The van der Waals surface area contributed by atoms with Gasteiger partial charge in [-0.1, -0.05) is 13.8 Å². The molecule has 1 fully saturated rings. The van der Waals surface area contributed by atoms with E-state index >= 15 is 0 Å². The first-order valence-electron chi connectivity index (χ1n) is 5.24. The maximum absolute atomic E-state index is 11.6. The second-order valence-electron chi connectivity index (χ2n) is 3.82. The summed E-state index contributed by atoms with van der Waals surface area (Å²) in [6.07, 6.45) is 3.05. The van der Waals surface area contributed by atoms with Crippen LogP contribution in [0.3, 0.4) is 0 Å². The minimum absolute atomic E-state index is 0.116. The van der Waals surface area contributed by atoms with Crippen molar-refractivity contribution in [2.75, 3.05) is 19.6 Å². The van der Waals surface area contributed by atoms with Crippen molar-refractivity contribution in [3.63, 3.8) is 0 Å². The molecule has 1 aliphatic heterocycles. The van der Waals surface area contributed by atoms with Crippen LogP contribution in [-0.4, -0.2) is 25.5 Å². The van der Waals surface area contributed by atoms with Crippen molar-refractivity contribution in [1.82, 2.24) is 10.6 Å². The standard InChI is InChI=1S/C10H20N2O/c1-3-6-11-8-10(4-2)5-7-12-9(10)13/h11H,3-8H2,1-2H3,(H,12,13). The van der Waals surface area contributed by atoms with Crippen LogP contribution in [-0.2, 0) is 4.79 Å². The highest BCUT2D eigenvalue weighted by Gasteiger charge is 2.39. The Hall–Kier alpha value is -0.570. The van der Waals surface area contributed by atoms with E-state index in [1.54, 1.807) is 0 Å². The summed E-state index contributed by atoms with van der Waals surface area (Å²) >= 11 is 0. The summed E-state index contributed by atoms with van der Waals surface area (Å²) in [5, 5.41) is 6.25. The van der Waals surface area contributed by atoms with Gasteiger partial charge in [0, 0.05) is 13.1 Å². The van der Waals surface area contributed by atoms with Crippen molar-refractivity contribution in [2.24, 2.45) is 5.41 Å². The van der Waals surface area contributed by atoms with Crippen LogP contribution < -0.4 is 10.6 Å². The lowest BCUT2D eigenvalue weighted by Crippen LogP contribution is -2.40. The molecule has 0 bridgehead atoms. The molecule has 0 aliphatic carbocycles. The van der Waals surface area contributed by atoms with Crippen LogP contribution in [0.2, 0.25) is 0 Å². The fraction of sp³-hybridized carbons (Fsp3) is 0.900. The van der Waals surface area contributed by atoms with E-state index in [-0.39, 0.29) is 11.3 Å². The van der Waals surface area contributed by atoms with Gasteiger partial charge in [-0.3, -0.25) is 4.79 Å². The molecule has 1 atom stereocenters. The van der Waals surface area contributed by atoms with Gasteiger partial charge in [-0.2, -0.15) is 0 Å². The van der Waals surface area contributed by atoms with E-state index in [1.807, 2.05) is 0 Å². The third kappa shape index (κ3) is 2.21. The zero-order valence-electron chi connectivity index (χ0n) is 8.65. The van der Waals surface area contributed by atoms with Crippen LogP contribution >= 0.6 is 0 Å². The summed E-state index contributed by atoms with van der Waals surface area (Å²) in [7, 11) is 0. The number of nitrogens with one attached hydrogen (secondary N) is 2. The SMILES string of the molecule is CCCNCC1(CC)CCNC1=O. The van der Waals surface area contributed by atoms with Crippen LogP contribution in [0.15, 0.2) is 0 Å². The third-order valence-electron chi connectivity index (χ3n) is 2.94. The van der Waals surface area contributed by atoms with Crippen molar-refractivity contribution < 1.29 is 4.79 Å². The summed E-state index contributed by atoms with van der Waals surface area (Å²) in [4.78, 5) is 11.6. The maximum Gasteiger partial charge on any atom is 0.227 e. The Morgan fingerprint density at radius 3 is 2.77 bits per heavy atom. The Kier molecular flexibility index (Phi) is 3.72. The molecule has 1 unspecified atom stereocenters. The summed E-state index contributed by atoms with van der Waals surface area (Å²) < 4.78 is 0. The molecule has 3 nitrogen and oxygen atoms in total. The quantitative estimate of drug-likeness (QED) is 0.623. The van der Waals surface area contributed by atoms with Gasteiger partial charge < -0.3 is 10.6 Å². The van der Waals surface area contributed by atoms with Crippen molar-refractivity contribution in [1.29, 1.82) is 0 Å². The topological polar surface area (TPSA) is 41.1 Å². The van der Waals surface area contributed by atoms with Gasteiger partial charge in [-0.15, -0.1) is 0 Å². The Morgan fingerprint density at radius 2 is 2.31 bits per heavy atom. The third-order valence-corrected chi connectivity index (χ3v) is 2.94. The van der Waals surface area contributed by atoms with Crippen molar-refractivity contribution in [3.05, 3.63) is 0 Å². The van der Waals surface area contributed by atoms with Gasteiger partial charge in [0.05, 0.1) is 5.41 Å². The van der Waals surface area contributed by atoms with E-state index < -0.39 is 0 Å². The fourth-order valence-electron chi connectivity index (χ4n) is 1.85. The highest BCUT2D eigenvalue weighted by Crippen LogP contribution is 2.29. The molecule has 0 aromatic carbocycles. The minimum Gasteiger partial charge on any atom is -0.356 e. The Bertz CT molecular complexity index is 182. The molecule has 0 radical (unpaired) electrons. The molecule has 0 saturated carbocycles. The van der Waals surface area contributed by atoms with E-state index in [0.29, 0.717) is 0 Å². The Morgan fingerprint density at radius 1 is 1.54 bits per heavy atom. The van der Waals surface area contributed by atoms with Gasteiger partial charge in [0.25, 0.3) is 0 Å². The molecule has 0 aromatic rings. The van der Waals surface area contributed by atoms with Crippen molar-refractivity contribution in [3.8, 4) is 0 Å². The zero-order valence-corrected chi connectivity index (χ0v) is 8.65. The van der Waals surface area contributed by atoms with Crippen LogP contribution in [0.5, 0.6) is 0 Å². The molecule has 13 heavy (non-hydrogen) atoms. The highest BCUT2D eigenvalue weighted by atomic mass is 16.2. The van der Waals surface area contributed by atoms with Gasteiger partial charge >= 0.3 is 0 Å². The normalized spacial score (nSPS) is 27.7. The number of hydrogen-bond donors (Lipinski definition) is 2. The van der Waals surface area contributed by atoms with Crippen molar-refractivity contribution >= 4 is 5.91 Å². The number of carbonyl (C=O) groups excluding carboxylic acids is 1. The van der Waals surface area contributed by atoms with Gasteiger partial charge in [-0.05, 0) is 25.8 Å². The Balaban J connectivity index is 2.44. The lowest BCUT2D eigenvalue weighted by atomic mass is 9.83. The molecule has 0 aromatic heterocycles. The first-order chi connectivity index (χ1) is 6.25. The van der Waals surface area contributed by atoms with Crippen LogP contribution in [0.4, 0.5) is 0 Å². The predicted octanol–water partition coefficient (Wildman–Crippen LogP) is 0.902. The Labute approximate surface area is 80.3 Å². The molecular weight excluding hydrogens is 164 g/mol. The second-order valence-corrected chi connectivity index (χ2v) is 3.82. The smallest absolute Gasteiger partial charge is 0.227 e. The molecule has 1 rings (SSSR count). The maximum atomic E-state index is 11.6. The van der Waals surface area contributed by atoms with Crippen molar-refractivity contribution in [2.45, 2.75) is 33.1 Å². The number of amides is 1. The van der Waals surface area contributed by atoms with Gasteiger partial charge in [-0.25, -0.2) is 0 Å². The summed E-state index contributed by atoms with van der Waals surface area (Å²) in [5.41, 5.74) is -0.116. The van der Waals surface area contributed by atoms with Gasteiger partial charge in [0.15, 0.2) is 0 Å². The summed E-state index contributed by atoms with van der Waals surface area (Å²) in [6, 6.07) is 0. The van der Waals surface area contributed by atoms with Crippen LogP contribution in [0, 0.1) is 5.41 Å². The molecule has 76 valence electrons. The summed E-state index contributed by atoms with van der Waals surface area (Å²) in [5.74, 6) is 0.235. The van der Waals surface area contributed by atoms with Gasteiger partial charge in [0.2, 0.25) is 5.91 Å². The van der Waals surface area contributed by atoms with E-state index in [4.69, 9.17) is 0 Å². The van der Waals surface area contributed by atoms with E-state index in [0.717, 1.165) is 38.9 Å². The lowest BCUT2D eigenvalue weighted by molar-refractivity contribution is -0.127. The fourth-order valence-corrected chi connectivity index (χ4v) is 1.85. The first kappa shape index (κ1) is 10.5. The minimum atomic E-state index is -0.116. The molecule has 3 heteroatoms. The molecular formula is C10H20N2O. The molecule has 2 N–H and O–H groups in total. The molecule has 1 amide bonds. The van der Waals surface area contributed by atoms with E-state index in [1.165, 1.54) is 0 Å². The molecule has 1 saturated heterocycles. The van der Waals surface area contributed by atoms with Gasteiger partial charge in [0.1, 0.15) is 0 Å². The predicted molar refractivity (Wildman–Crippen MR) is 53.5 cm³/mol. The van der Waals surface area contributed by atoms with E-state index in [2.05, 4.69) is 24.5 Å². The first-order valence-corrected chi connectivity index (χ1v) is 5.24. The monoisotopic (exact) mass is 184 g/mol. The van der Waals surface area contributed by atoms with E-state index in [9.17, 15) is 4.79 Å². The largest absolute Gasteiger partial charge is 0.356 e. The number of rotatable bonds is 5. The van der Waals surface area contributed by atoms with Crippen LogP contribution in [0.25, 0.3) is 0 Å². The lowest BCUT2D eigenvalue weighted by Gasteiger charge is -2.24.